The van der Waals surface area contributed by atoms with Crippen LogP contribution in [0.5, 0.6) is 5.75 Å². The van der Waals surface area contributed by atoms with Crippen molar-refractivity contribution in [3.05, 3.63) is 58.1 Å². The number of nitrogens with zero attached hydrogens (tertiary/aromatic N) is 1. The quantitative estimate of drug-likeness (QED) is 0.465. The molecule has 1 heterocycles. The molecule has 10 heteroatoms. The van der Waals surface area contributed by atoms with E-state index in [4.69, 9.17) is 21.1 Å². The third-order valence-electron chi connectivity index (χ3n) is 6.35. The van der Waals surface area contributed by atoms with Crippen molar-refractivity contribution in [2.45, 2.75) is 44.8 Å². The number of rotatable bonds is 6. The minimum absolute atomic E-state index is 0.352. The van der Waals surface area contributed by atoms with Crippen molar-refractivity contribution in [2.24, 2.45) is 0 Å². The molecule has 2 atom stereocenters. The first-order valence-corrected chi connectivity index (χ1v) is 11.6. The van der Waals surface area contributed by atoms with E-state index in [0.29, 0.717) is 22.9 Å². The van der Waals surface area contributed by atoms with Crippen LogP contribution in [0, 0.1) is 6.92 Å². The van der Waals surface area contributed by atoms with Crippen molar-refractivity contribution in [2.75, 3.05) is 19.0 Å². The molecule has 35 heavy (non-hydrogen) atoms. The number of amides is 4. The van der Waals surface area contributed by atoms with Crippen LogP contribution in [0.1, 0.15) is 36.5 Å². The summed E-state index contributed by atoms with van der Waals surface area (Å²) in [5.74, 6) is -1.63. The van der Waals surface area contributed by atoms with Gasteiger partial charge in [-0.2, -0.15) is 0 Å². The van der Waals surface area contributed by atoms with Crippen molar-refractivity contribution in [3.8, 4) is 5.75 Å². The van der Waals surface area contributed by atoms with Crippen molar-refractivity contribution < 1.29 is 28.7 Å². The fraction of sp³-hybridized carbons (Fsp3) is 0.360. The largest absolute Gasteiger partial charge is 0.495 e. The number of carbonyl (C=O) groups is 4. The third kappa shape index (κ3) is 4.55. The van der Waals surface area contributed by atoms with Gasteiger partial charge in [0.2, 0.25) is 0 Å². The maximum Gasteiger partial charge on any atom is 0.327 e. The summed E-state index contributed by atoms with van der Waals surface area (Å²) in [6.45, 7) is 2.57. The SMILES string of the molecule is COc1cc(Cl)c(C)cc1NC(=O)C(C)OC(=O)CN1C(=O)NC2(CCCc3ccccc32)C1=O. The lowest BCUT2D eigenvalue weighted by Crippen LogP contribution is -2.47. The van der Waals surface area contributed by atoms with Crippen LogP contribution in [0.2, 0.25) is 5.02 Å². The standard InChI is InChI=1S/C25H26ClN3O6/c1-14-11-19(20(34-3)12-18(14)26)27-22(31)15(2)35-21(30)13-29-23(32)25(28-24(29)33)10-6-8-16-7-4-5-9-17(16)25/h4-5,7,9,11-12,15H,6,8,10,13H2,1-3H3,(H,27,31)(H,28,33). The minimum atomic E-state index is -1.19. The monoisotopic (exact) mass is 499 g/mol. The van der Waals surface area contributed by atoms with Crippen molar-refractivity contribution in [1.82, 2.24) is 10.2 Å². The van der Waals surface area contributed by atoms with E-state index in [9.17, 15) is 19.2 Å². The fourth-order valence-corrected chi connectivity index (χ4v) is 4.69. The number of nitrogens with one attached hydrogen (secondary N) is 2. The van der Waals surface area contributed by atoms with Crippen LogP contribution >= 0.6 is 11.6 Å². The van der Waals surface area contributed by atoms with Gasteiger partial charge in [0.1, 0.15) is 17.8 Å². The van der Waals surface area contributed by atoms with E-state index in [1.54, 1.807) is 19.1 Å². The first-order valence-electron chi connectivity index (χ1n) is 11.2. The third-order valence-corrected chi connectivity index (χ3v) is 6.76. The van der Waals surface area contributed by atoms with Gasteiger partial charge in [-0.25, -0.2) is 4.79 Å². The van der Waals surface area contributed by atoms with E-state index in [1.807, 2.05) is 24.3 Å². The fourth-order valence-electron chi connectivity index (χ4n) is 4.54. The molecular formula is C25H26ClN3O6. The summed E-state index contributed by atoms with van der Waals surface area (Å²) in [7, 11) is 1.44. The van der Waals surface area contributed by atoms with Crippen molar-refractivity contribution >= 4 is 41.1 Å². The molecule has 0 aromatic heterocycles. The summed E-state index contributed by atoms with van der Waals surface area (Å²) in [5, 5.41) is 5.91. The molecule has 2 aromatic carbocycles. The summed E-state index contributed by atoms with van der Waals surface area (Å²) in [6, 6.07) is 10.0. The molecule has 0 radical (unpaired) electrons. The molecule has 4 amide bonds. The average Bonchev–Trinajstić information content (AvgIpc) is 3.06. The molecule has 1 spiro atoms. The van der Waals surface area contributed by atoms with E-state index in [2.05, 4.69) is 10.6 Å². The zero-order chi connectivity index (χ0) is 25.3. The summed E-state index contributed by atoms with van der Waals surface area (Å²) in [4.78, 5) is 52.0. The molecular weight excluding hydrogens is 474 g/mol. The van der Waals surface area contributed by atoms with E-state index in [1.165, 1.54) is 14.0 Å². The highest BCUT2D eigenvalue weighted by Crippen LogP contribution is 2.39. The normalized spacial score (nSPS) is 19.7. The zero-order valence-corrected chi connectivity index (χ0v) is 20.4. The van der Waals surface area contributed by atoms with Crippen LogP contribution in [-0.4, -0.2) is 48.5 Å². The molecule has 184 valence electrons. The Labute approximate surface area is 207 Å². The summed E-state index contributed by atoms with van der Waals surface area (Å²) < 4.78 is 10.5. The Bertz CT molecular complexity index is 1220. The van der Waals surface area contributed by atoms with Gasteiger partial charge in [0, 0.05) is 11.1 Å². The Kier molecular flexibility index (Phi) is 6.71. The van der Waals surface area contributed by atoms with Crippen LogP contribution in [0.15, 0.2) is 36.4 Å². The van der Waals surface area contributed by atoms with Crippen LogP contribution in [0.4, 0.5) is 10.5 Å². The van der Waals surface area contributed by atoms with Crippen LogP contribution in [0.3, 0.4) is 0 Å². The number of anilines is 1. The number of carbonyl (C=O) groups excluding carboxylic acids is 4. The number of benzene rings is 2. The predicted octanol–water partition coefficient (Wildman–Crippen LogP) is 3.31. The molecule has 1 fully saturated rings. The Morgan fingerprint density at radius 2 is 2.00 bits per heavy atom. The van der Waals surface area contributed by atoms with Gasteiger partial charge in [-0.15, -0.1) is 0 Å². The smallest absolute Gasteiger partial charge is 0.327 e. The first-order chi connectivity index (χ1) is 16.7. The summed E-state index contributed by atoms with van der Waals surface area (Å²) in [6.07, 6.45) is 0.800. The predicted molar refractivity (Wildman–Crippen MR) is 128 cm³/mol. The van der Waals surface area contributed by atoms with Gasteiger partial charge in [0.25, 0.3) is 11.8 Å². The number of aryl methyl sites for hydroxylation is 2. The maximum absolute atomic E-state index is 13.3. The number of ether oxygens (including phenoxy) is 2. The number of esters is 1. The number of methoxy groups -OCH3 is 1. The number of imide groups is 1. The van der Waals surface area contributed by atoms with Gasteiger partial charge in [-0.05, 0) is 55.9 Å². The number of fused-ring (bicyclic) bond motifs is 2. The Morgan fingerprint density at radius 3 is 2.74 bits per heavy atom. The number of hydrogen-bond acceptors (Lipinski definition) is 6. The van der Waals surface area contributed by atoms with Crippen LogP contribution in [-0.2, 0) is 31.1 Å². The van der Waals surface area contributed by atoms with Gasteiger partial charge >= 0.3 is 12.0 Å². The first kappa shape index (κ1) is 24.5. The van der Waals surface area contributed by atoms with Crippen LogP contribution < -0.4 is 15.4 Å². The van der Waals surface area contributed by atoms with Crippen LogP contribution in [0.25, 0.3) is 0 Å². The number of urea groups is 1. The lowest BCUT2D eigenvalue weighted by atomic mass is 9.76. The van der Waals surface area contributed by atoms with Gasteiger partial charge in [0.15, 0.2) is 6.10 Å². The highest BCUT2D eigenvalue weighted by atomic mass is 35.5. The molecule has 4 rings (SSSR count). The number of halogens is 1. The van der Waals surface area contributed by atoms with Crippen molar-refractivity contribution in [3.63, 3.8) is 0 Å². The molecule has 1 aliphatic carbocycles. The minimum Gasteiger partial charge on any atom is -0.495 e. The lowest BCUT2D eigenvalue weighted by Gasteiger charge is -2.33. The van der Waals surface area contributed by atoms with E-state index >= 15 is 0 Å². The molecule has 0 bridgehead atoms. The maximum atomic E-state index is 13.3. The molecule has 1 saturated heterocycles. The second kappa shape index (κ2) is 9.58. The van der Waals surface area contributed by atoms with Gasteiger partial charge in [0.05, 0.1) is 12.8 Å². The Balaban J connectivity index is 1.42. The molecule has 2 unspecified atom stereocenters. The average molecular weight is 500 g/mol. The highest BCUT2D eigenvalue weighted by Gasteiger charge is 2.54. The van der Waals surface area contributed by atoms with E-state index in [-0.39, 0.29) is 0 Å². The molecule has 0 saturated carbocycles. The second-order valence-electron chi connectivity index (χ2n) is 8.66. The lowest BCUT2D eigenvalue weighted by molar-refractivity contribution is -0.155. The number of hydrogen-bond donors (Lipinski definition) is 2. The van der Waals surface area contributed by atoms with Gasteiger partial charge in [-0.1, -0.05) is 35.9 Å². The molecule has 9 nitrogen and oxygen atoms in total. The van der Waals surface area contributed by atoms with Gasteiger partial charge in [-0.3, -0.25) is 19.3 Å². The summed E-state index contributed by atoms with van der Waals surface area (Å²) in [5.41, 5.74) is 1.66. The molecule has 2 aliphatic rings. The zero-order valence-electron chi connectivity index (χ0n) is 19.6. The topological polar surface area (TPSA) is 114 Å². The second-order valence-corrected chi connectivity index (χ2v) is 9.07. The summed E-state index contributed by atoms with van der Waals surface area (Å²) >= 11 is 6.09. The molecule has 2 aromatic rings. The van der Waals surface area contributed by atoms with Crippen molar-refractivity contribution in [1.29, 1.82) is 0 Å². The Hall–Kier alpha value is -3.59. The Morgan fingerprint density at radius 1 is 1.26 bits per heavy atom. The highest BCUT2D eigenvalue weighted by molar-refractivity contribution is 6.31. The molecule has 2 N–H and O–H groups in total. The molecule has 1 aliphatic heterocycles. The van der Waals surface area contributed by atoms with E-state index in [0.717, 1.165) is 34.4 Å². The van der Waals surface area contributed by atoms with Gasteiger partial charge < -0.3 is 20.1 Å². The van der Waals surface area contributed by atoms with E-state index < -0.39 is 42.0 Å².